The van der Waals surface area contributed by atoms with E-state index >= 15 is 0 Å². The molecule has 0 fully saturated rings. The van der Waals surface area contributed by atoms with Gasteiger partial charge in [0.05, 0.1) is 26.4 Å². The molecule has 2 N–H and O–H groups in total. The molecule has 166 valence electrons. The lowest BCUT2D eigenvalue weighted by atomic mass is 9.69. The lowest BCUT2D eigenvalue weighted by Crippen LogP contribution is -2.43. The summed E-state index contributed by atoms with van der Waals surface area (Å²) in [6, 6.07) is 4.66. The number of aromatic hydroxyl groups is 1. The lowest BCUT2D eigenvalue weighted by Gasteiger charge is -2.38. The smallest absolute Gasteiger partial charge is 0.336 e. The summed E-state index contributed by atoms with van der Waals surface area (Å²) in [5.41, 5.74) is 2.42. The van der Waals surface area contributed by atoms with Gasteiger partial charge >= 0.3 is 11.9 Å². The number of ether oxygens (including phenoxy) is 3. The average Bonchev–Trinajstić information content (AvgIpc) is 2.73. The minimum absolute atomic E-state index is 0.0659. The van der Waals surface area contributed by atoms with E-state index in [0.717, 1.165) is 0 Å². The zero-order chi connectivity index (χ0) is 22.9. The predicted octanol–water partition coefficient (Wildman–Crippen LogP) is 2.58. The van der Waals surface area contributed by atoms with Crippen molar-refractivity contribution in [3.8, 4) is 11.5 Å². The van der Waals surface area contributed by atoms with Crippen LogP contribution in [0.1, 0.15) is 38.7 Å². The first-order chi connectivity index (χ1) is 14.7. The zero-order valence-corrected chi connectivity index (χ0v) is 18.3. The third-order valence-electron chi connectivity index (χ3n) is 5.78. The summed E-state index contributed by atoms with van der Waals surface area (Å²) in [5, 5.41) is 13.2. The molecular weight excluding hydrogens is 402 g/mol. The molecule has 0 saturated carbocycles. The van der Waals surface area contributed by atoms with Crippen LogP contribution in [0.25, 0.3) is 0 Å². The molecule has 0 spiro atoms. The molecule has 0 radical (unpaired) electrons. The number of nitrogens with one attached hydrogen (secondary N) is 1. The van der Waals surface area contributed by atoms with Crippen molar-refractivity contribution >= 4 is 17.7 Å². The number of phenolic OH excluding ortho intramolecular Hbond substituents is 1. The minimum atomic E-state index is -0.964. The second-order valence-electron chi connectivity index (χ2n) is 7.69. The minimum Gasteiger partial charge on any atom is -0.504 e. The van der Waals surface area contributed by atoms with E-state index in [1.54, 1.807) is 26.0 Å². The number of Topliss-reactive ketones (excluding diaryl/α,β-unsaturated/α-hetero) is 1. The number of ketones is 1. The Hall–Kier alpha value is -3.29. The average molecular weight is 429 g/mol. The lowest BCUT2D eigenvalue weighted by molar-refractivity contribution is -0.151. The molecule has 1 heterocycles. The maximum Gasteiger partial charge on any atom is 0.336 e. The van der Waals surface area contributed by atoms with Crippen molar-refractivity contribution in [1.82, 2.24) is 5.32 Å². The number of carbonyl (C=O) groups excluding carboxylic acids is 3. The molecule has 31 heavy (non-hydrogen) atoms. The number of methoxy groups -OCH3 is 2. The van der Waals surface area contributed by atoms with E-state index in [0.29, 0.717) is 29.0 Å². The number of allylic oxidation sites excluding steroid dienone is 3. The molecule has 3 atom stereocenters. The summed E-state index contributed by atoms with van der Waals surface area (Å²) in [7, 11) is 2.67. The zero-order valence-electron chi connectivity index (χ0n) is 18.3. The highest BCUT2D eigenvalue weighted by molar-refractivity contribution is 6.12. The van der Waals surface area contributed by atoms with Crippen LogP contribution in [0.2, 0.25) is 0 Å². The van der Waals surface area contributed by atoms with Crippen LogP contribution in [0.4, 0.5) is 0 Å². The third kappa shape index (κ3) is 3.89. The highest BCUT2D eigenvalue weighted by Gasteiger charge is 2.47. The molecule has 0 aromatic heterocycles. The number of carbonyl (C=O) groups is 3. The highest BCUT2D eigenvalue weighted by Crippen LogP contribution is 2.46. The Morgan fingerprint density at radius 2 is 1.97 bits per heavy atom. The molecule has 2 aliphatic rings. The van der Waals surface area contributed by atoms with Crippen molar-refractivity contribution in [3.63, 3.8) is 0 Å². The number of rotatable bonds is 5. The SMILES string of the molecule is CCOC(=O)C1=C(C)NC2=C(C(=O)[C@@H](C(=O)OC)[C@H](C)C2)[C@@H]1c1ccc(O)c(OC)c1. The first kappa shape index (κ1) is 22.4. The van der Waals surface area contributed by atoms with E-state index in [1.165, 1.54) is 20.3 Å². The van der Waals surface area contributed by atoms with Gasteiger partial charge in [-0.05, 0) is 43.9 Å². The van der Waals surface area contributed by atoms with Gasteiger partial charge in [-0.3, -0.25) is 9.59 Å². The Balaban J connectivity index is 2.22. The number of benzene rings is 1. The highest BCUT2D eigenvalue weighted by atomic mass is 16.5. The number of hydrogen-bond donors (Lipinski definition) is 2. The van der Waals surface area contributed by atoms with Crippen molar-refractivity contribution in [2.75, 3.05) is 20.8 Å². The fourth-order valence-electron chi connectivity index (χ4n) is 4.37. The molecule has 0 saturated heterocycles. The Morgan fingerprint density at radius 3 is 2.58 bits per heavy atom. The van der Waals surface area contributed by atoms with Crippen molar-refractivity contribution in [2.24, 2.45) is 11.8 Å². The summed E-state index contributed by atoms with van der Waals surface area (Å²) in [4.78, 5) is 38.8. The van der Waals surface area contributed by atoms with Crippen molar-refractivity contribution in [3.05, 3.63) is 46.3 Å². The van der Waals surface area contributed by atoms with Gasteiger partial charge in [0.2, 0.25) is 0 Å². The molecule has 3 rings (SSSR count). The van der Waals surface area contributed by atoms with Crippen molar-refractivity contribution in [1.29, 1.82) is 0 Å². The standard InChI is InChI=1S/C23H27NO7/c1-6-31-23(28)18-12(3)24-14-9-11(2)17(22(27)30-5)21(26)20(14)19(18)13-7-8-15(25)16(10-13)29-4/h7-8,10-11,17,19,24-25H,6,9H2,1-5H3/t11-,17+,19-/m1/s1. The van der Waals surface area contributed by atoms with Crippen LogP contribution in [0, 0.1) is 11.8 Å². The first-order valence-corrected chi connectivity index (χ1v) is 10.1. The number of hydrogen-bond acceptors (Lipinski definition) is 8. The number of dihydropyridines is 1. The van der Waals surface area contributed by atoms with E-state index in [-0.39, 0.29) is 35.4 Å². The molecule has 8 nitrogen and oxygen atoms in total. The van der Waals surface area contributed by atoms with Gasteiger partial charge in [-0.2, -0.15) is 0 Å². The number of phenols is 1. The van der Waals surface area contributed by atoms with E-state index in [9.17, 15) is 19.5 Å². The Labute approximate surface area is 180 Å². The third-order valence-corrected chi connectivity index (χ3v) is 5.78. The van der Waals surface area contributed by atoms with Crippen LogP contribution in [-0.2, 0) is 23.9 Å². The molecule has 0 unspecified atom stereocenters. The summed E-state index contributed by atoms with van der Waals surface area (Å²) in [6.07, 6.45) is 0.444. The van der Waals surface area contributed by atoms with Crippen molar-refractivity contribution < 1.29 is 33.7 Å². The molecule has 1 aromatic rings. The van der Waals surface area contributed by atoms with Crippen LogP contribution >= 0.6 is 0 Å². The maximum absolute atomic E-state index is 13.6. The van der Waals surface area contributed by atoms with Crippen LogP contribution in [-0.4, -0.2) is 43.7 Å². The fourth-order valence-corrected chi connectivity index (χ4v) is 4.37. The second kappa shape index (κ2) is 8.83. The van der Waals surface area contributed by atoms with Gasteiger partial charge < -0.3 is 24.6 Å². The van der Waals surface area contributed by atoms with Gasteiger partial charge in [0.1, 0.15) is 5.92 Å². The normalized spacial score (nSPS) is 23.1. The maximum atomic E-state index is 13.6. The molecule has 1 aliphatic heterocycles. The Morgan fingerprint density at radius 1 is 1.26 bits per heavy atom. The quantitative estimate of drug-likeness (QED) is 0.543. The number of esters is 2. The van der Waals surface area contributed by atoms with Gasteiger partial charge in [-0.25, -0.2) is 4.79 Å². The summed E-state index contributed by atoms with van der Waals surface area (Å²) in [6.45, 7) is 5.45. The van der Waals surface area contributed by atoms with Crippen LogP contribution in [0.5, 0.6) is 11.5 Å². The molecule has 0 bridgehead atoms. The van der Waals surface area contributed by atoms with E-state index in [4.69, 9.17) is 14.2 Å². The van der Waals surface area contributed by atoms with E-state index in [1.807, 2.05) is 6.92 Å². The molecular formula is C23H27NO7. The van der Waals surface area contributed by atoms with Gasteiger partial charge in [0.15, 0.2) is 17.3 Å². The van der Waals surface area contributed by atoms with Gasteiger partial charge in [-0.1, -0.05) is 13.0 Å². The fraction of sp³-hybridized carbons (Fsp3) is 0.435. The van der Waals surface area contributed by atoms with Crippen LogP contribution in [0.3, 0.4) is 0 Å². The van der Waals surface area contributed by atoms with Crippen LogP contribution < -0.4 is 10.1 Å². The van der Waals surface area contributed by atoms with Gasteiger partial charge in [0.25, 0.3) is 0 Å². The topological polar surface area (TPSA) is 111 Å². The molecule has 0 amide bonds. The molecule has 8 heteroatoms. The summed E-state index contributed by atoms with van der Waals surface area (Å²) >= 11 is 0. The molecule has 1 aromatic carbocycles. The van der Waals surface area contributed by atoms with Gasteiger partial charge in [-0.15, -0.1) is 0 Å². The van der Waals surface area contributed by atoms with E-state index in [2.05, 4.69) is 5.32 Å². The Bertz CT molecular complexity index is 992. The van der Waals surface area contributed by atoms with E-state index < -0.39 is 23.8 Å². The Kier molecular flexibility index (Phi) is 6.38. The van der Waals surface area contributed by atoms with Gasteiger partial charge in [0, 0.05) is 22.9 Å². The summed E-state index contributed by atoms with van der Waals surface area (Å²) < 4.78 is 15.4. The molecule has 1 aliphatic carbocycles. The van der Waals surface area contributed by atoms with Crippen molar-refractivity contribution in [2.45, 2.75) is 33.1 Å². The predicted molar refractivity (Wildman–Crippen MR) is 111 cm³/mol. The first-order valence-electron chi connectivity index (χ1n) is 10.1. The largest absolute Gasteiger partial charge is 0.504 e. The summed E-state index contributed by atoms with van der Waals surface area (Å²) in [5.74, 6) is -3.42. The monoisotopic (exact) mass is 429 g/mol. The second-order valence-corrected chi connectivity index (χ2v) is 7.69. The van der Waals surface area contributed by atoms with Crippen LogP contribution in [0.15, 0.2) is 40.7 Å².